The maximum absolute atomic E-state index is 12.1. The molecule has 0 heterocycles. The highest BCUT2D eigenvalue weighted by atomic mass is 127. The summed E-state index contributed by atoms with van der Waals surface area (Å²) in [5, 5.41) is 6.92. The molecular weight excluding hydrogens is 414 g/mol. The predicted octanol–water partition coefficient (Wildman–Crippen LogP) is 3.79. The fourth-order valence-corrected chi connectivity index (χ4v) is 3.41. The number of nitrogens with one attached hydrogen (secondary N) is 2. The van der Waals surface area contributed by atoms with Crippen molar-refractivity contribution in [3.63, 3.8) is 0 Å². The molecule has 2 atom stereocenters. The summed E-state index contributed by atoms with van der Waals surface area (Å²) >= 11 is 1.96. The van der Waals surface area contributed by atoms with Crippen LogP contribution in [0.1, 0.15) is 39.5 Å². The molecule has 21 heavy (non-hydrogen) atoms. The first-order valence-corrected chi connectivity index (χ1v) is 8.22. The van der Waals surface area contributed by atoms with E-state index in [1.807, 2.05) is 18.7 Å². The fraction of sp³-hybridized carbons (Fsp3) is 0.923. The van der Waals surface area contributed by atoms with Crippen LogP contribution in [0.5, 0.6) is 0 Å². The first-order valence-electron chi connectivity index (χ1n) is 7.17. The van der Waals surface area contributed by atoms with Gasteiger partial charge in [-0.15, -0.1) is 24.0 Å². The van der Waals surface area contributed by atoms with Crippen LogP contribution in [0.25, 0.3) is 0 Å². The summed E-state index contributed by atoms with van der Waals surface area (Å²) in [4.78, 5) is 4.00. The highest BCUT2D eigenvalue weighted by molar-refractivity contribution is 14.0. The van der Waals surface area contributed by atoms with Crippen LogP contribution in [-0.4, -0.2) is 42.3 Å². The van der Waals surface area contributed by atoms with Crippen molar-refractivity contribution in [3.8, 4) is 0 Å². The molecule has 0 aromatic heterocycles. The molecule has 126 valence electrons. The number of halogens is 4. The molecule has 0 aromatic rings. The molecule has 3 nitrogen and oxygen atoms in total. The topological polar surface area (TPSA) is 36.4 Å². The molecule has 1 fully saturated rings. The first kappa shape index (κ1) is 21.1. The van der Waals surface area contributed by atoms with Crippen molar-refractivity contribution in [2.45, 2.75) is 57.0 Å². The Hall–Kier alpha value is 0.140. The predicted molar refractivity (Wildman–Crippen MR) is 94.8 cm³/mol. The molecule has 0 radical (unpaired) electrons. The number of hydrogen-bond acceptors (Lipinski definition) is 2. The van der Waals surface area contributed by atoms with Gasteiger partial charge < -0.3 is 10.6 Å². The molecule has 0 aliphatic heterocycles. The Balaban J connectivity index is 0.00000400. The lowest BCUT2D eigenvalue weighted by Gasteiger charge is -2.17. The van der Waals surface area contributed by atoms with Crippen molar-refractivity contribution in [2.75, 3.05) is 18.8 Å². The third-order valence-corrected chi connectivity index (χ3v) is 4.37. The van der Waals surface area contributed by atoms with Gasteiger partial charge >= 0.3 is 6.18 Å². The minimum atomic E-state index is -4.14. The van der Waals surface area contributed by atoms with Gasteiger partial charge in [0.2, 0.25) is 0 Å². The van der Waals surface area contributed by atoms with Crippen LogP contribution in [0, 0.1) is 0 Å². The summed E-state index contributed by atoms with van der Waals surface area (Å²) < 4.78 is 36.4. The van der Waals surface area contributed by atoms with Gasteiger partial charge in [-0.05, 0) is 31.9 Å². The fourth-order valence-electron chi connectivity index (χ4n) is 2.27. The Morgan fingerprint density at radius 1 is 1.29 bits per heavy atom. The summed E-state index contributed by atoms with van der Waals surface area (Å²) in [6.45, 7) is 4.48. The van der Waals surface area contributed by atoms with E-state index in [2.05, 4.69) is 22.5 Å². The number of rotatable bonds is 6. The third-order valence-electron chi connectivity index (χ3n) is 3.14. The van der Waals surface area contributed by atoms with Crippen LogP contribution in [0.4, 0.5) is 13.2 Å². The smallest absolute Gasteiger partial charge is 0.357 e. The number of alkyl halides is 3. The maximum atomic E-state index is 12.1. The molecule has 1 aliphatic carbocycles. The lowest BCUT2D eigenvalue weighted by molar-refractivity contribution is -0.132. The summed E-state index contributed by atoms with van der Waals surface area (Å²) in [6, 6.07) is 0.322. The van der Waals surface area contributed by atoms with Crippen molar-refractivity contribution >= 4 is 41.7 Å². The lowest BCUT2D eigenvalue weighted by Crippen LogP contribution is -2.42. The molecule has 2 N–H and O–H groups in total. The maximum Gasteiger partial charge on any atom is 0.390 e. The van der Waals surface area contributed by atoms with E-state index in [9.17, 15) is 13.2 Å². The minimum Gasteiger partial charge on any atom is -0.357 e. The average Bonchev–Trinajstić information content (AvgIpc) is 2.75. The van der Waals surface area contributed by atoms with Crippen LogP contribution >= 0.6 is 35.7 Å². The van der Waals surface area contributed by atoms with E-state index in [-0.39, 0.29) is 30.5 Å². The third kappa shape index (κ3) is 9.70. The molecule has 1 rings (SSSR count). The molecule has 0 aromatic carbocycles. The lowest BCUT2D eigenvalue weighted by atomic mass is 10.2. The van der Waals surface area contributed by atoms with Crippen LogP contribution in [0.2, 0.25) is 0 Å². The van der Waals surface area contributed by atoms with E-state index >= 15 is 0 Å². The van der Waals surface area contributed by atoms with Gasteiger partial charge in [0.15, 0.2) is 5.96 Å². The van der Waals surface area contributed by atoms with Crippen LogP contribution in [0.15, 0.2) is 4.99 Å². The average molecular weight is 439 g/mol. The largest absolute Gasteiger partial charge is 0.390 e. The SMILES string of the molecule is CCNC(=NCCC(F)(F)F)NC1CCC(SCC)C1.I. The molecular formula is C13H25F3IN3S. The van der Waals surface area contributed by atoms with Gasteiger partial charge in [-0.25, -0.2) is 0 Å². The standard InChI is InChI=1S/C13H24F3N3S.HI/c1-3-17-12(18-8-7-13(14,15)16)19-10-5-6-11(9-10)20-4-2;/h10-11H,3-9H2,1-2H3,(H2,17,18,19);1H. The van der Waals surface area contributed by atoms with E-state index in [0.717, 1.165) is 25.0 Å². The molecule has 0 saturated heterocycles. The molecule has 1 aliphatic rings. The molecule has 1 saturated carbocycles. The number of guanidine groups is 1. The van der Waals surface area contributed by atoms with Crippen LogP contribution in [0.3, 0.4) is 0 Å². The van der Waals surface area contributed by atoms with Gasteiger partial charge in [-0.2, -0.15) is 24.9 Å². The monoisotopic (exact) mass is 439 g/mol. The Labute approximate surface area is 146 Å². The Kier molecular flexibility index (Phi) is 10.9. The normalized spacial score (nSPS) is 22.8. The highest BCUT2D eigenvalue weighted by Gasteiger charge is 2.27. The number of aliphatic imine (C=N–C) groups is 1. The summed E-state index contributed by atoms with van der Waals surface area (Å²) in [6.07, 6.45) is -1.73. The molecule has 0 amide bonds. The zero-order chi connectivity index (χ0) is 15.0. The highest BCUT2D eigenvalue weighted by Crippen LogP contribution is 2.29. The van der Waals surface area contributed by atoms with Crippen molar-refractivity contribution in [3.05, 3.63) is 0 Å². The van der Waals surface area contributed by atoms with Crippen molar-refractivity contribution in [1.29, 1.82) is 0 Å². The van der Waals surface area contributed by atoms with E-state index in [1.165, 1.54) is 0 Å². The van der Waals surface area contributed by atoms with Crippen LogP contribution in [-0.2, 0) is 0 Å². The molecule has 2 unspecified atom stereocenters. The van der Waals surface area contributed by atoms with Gasteiger partial charge in [0.1, 0.15) is 0 Å². The van der Waals surface area contributed by atoms with Crippen molar-refractivity contribution in [2.24, 2.45) is 4.99 Å². The second-order valence-electron chi connectivity index (χ2n) is 4.86. The Bertz CT molecular complexity index is 314. The molecule has 8 heteroatoms. The second kappa shape index (κ2) is 10.8. The quantitative estimate of drug-likeness (QED) is 0.376. The summed E-state index contributed by atoms with van der Waals surface area (Å²) in [7, 11) is 0. The summed E-state index contributed by atoms with van der Waals surface area (Å²) in [5.74, 6) is 1.61. The van der Waals surface area contributed by atoms with E-state index in [1.54, 1.807) is 0 Å². The van der Waals surface area contributed by atoms with Crippen molar-refractivity contribution in [1.82, 2.24) is 10.6 Å². The number of nitrogens with zero attached hydrogens (tertiary/aromatic N) is 1. The van der Waals surface area contributed by atoms with Crippen molar-refractivity contribution < 1.29 is 13.2 Å². The van der Waals surface area contributed by atoms with E-state index in [0.29, 0.717) is 23.8 Å². The van der Waals surface area contributed by atoms with Gasteiger partial charge in [0, 0.05) is 17.8 Å². The summed E-state index contributed by atoms with van der Waals surface area (Å²) in [5.41, 5.74) is 0. The van der Waals surface area contributed by atoms with E-state index in [4.69, 9.17) is 0 Å². The van der Waals surface area contributed by atoms with Gasteiger partial charge in [0.25, 0.3) is 0 Å². The number of hydrogen-bond donors (Lipinski definition) is 2. The Morgan fingerprint density at radius 3 is 2.57 bits per heavy atom. The Morgan fingerprint density at radius 2 is 2.00 bits per heavy atom. The van der Waals surface area contributed by atoms with Gasteiger partial charge in [-0.1, -0.05) is 6.92 Å². The van der Waals surface area contributed by atoms with Gasteiger partial charge in [0.05, 0.1) is 13.0 Å². The van der Waals surface area contributed by atoms with Crippen LogP contribution < -0.4 is 10.6 Å². The van der Waals surface area contributed by atoms with Gasteiger partial charge in [-0.3, -0.25) is 4.99 Å². The zero-order valence-electron chi connectivity index (χ0n) is 12.5. The van der Waals surface area contributed by atoms with E-state index < -0.39 is 12.6 Å². The molecule has 0 bridgehead atoms. The zero-order valence-corrected chi connectivity index (χ0v) is 15.6. The molecule has 0 spiro atoms. The second-order valence-corrected chi connectivity index (χ2v) is 6.43. The minimum absolute atomic E-state index is 0. The first-order chi connectivity index (χ1) is 9.44. The number of thioether (sulfide) groups is 1.